The van der Waals surface area contributed by atoms with Crippen LogP contribution in [0.1, 0.15) is 73.1 Å². The molecule has 1 rings (SSSR count). The van der Waals surface area contributed by atoms with Gasteiger partial charge in [0, 0.05) is 22.5 Å². The summed E-state index contributed by atoms with van der Waals surface area (Å²) in [5.74, 6) is 0. The van der Waals surface area contributed by atoms with Crippen LogP contribution in [0.2, 0.25) is 0 Å². The van der Waals surface area contributed by atoms with Crippen LogP contribution in [0.25, 0.3) is 0 Å². The molecule has 0 heterocycles. The van der Waals surface area contributed by atoms with E-state index in [-0.39, 0.29) is 11.5 Å². The second-order valence-electron chi connectivity index (χ2n) is 11.5. The second-order valence-corrected chi connectivity index (χ2v) is 11.5. The Kier molecular flexibility index (Phi) is 22.0. The van der Waals surface area contributed by atoms with Crippen LogP contribution in [0.3, 0.4) is 0 Å². The molecule has 0 aromatic carbocycles. The summed E-state index contributed by atoms with van der Waals surface area (Å²) in [4.78, 5) is 0. The molecule has 0 atom stereocenters. The predicted molar refractivity (Wildman–Crippen MR) is 203 cm³/mol. The molecular formula is C41H61N3O. The van der Waals surface area contributed by atoms with E-state index < -0.39 is 0 Å². The molecule has 0 aromatic rings. The van der Waals surface area contributed by atoms with Crippen LogP contribution in [0.5, 0.6) is 0 Å². The number of hydrogen-bond donors (Lipinski definition) is 4. The highest BCUT2D eigenvalue weighted by atomic mass is 16.3. The monoisotopic (exact) mass is 611 g/mol. The van der Waals surface area contributed by atoms with Gasteiger partial charge < -0.3 is 22.3 Å². The fraction of sp³-hybridized carbons (Fsp3) is 0.317. The second kappa shape index (κ2) is 23.1. The average molecular weight is 612 g/mol. The summed E-state index contributed by atoms with van der Waals surface area (Å²) in [5.41, 5.74) is 24.8. The van der Waals surface area contributed by atoms with E-state index in [0.717, 1.165) is 52.0 Å². The molecule has 1 aliphatic rings. The number of nitrogens with two attached hydrogens (primary N) is 3. The topological polar surface area (TPSA) is 98.3 Å². The molecule has 0 aliphatic heterocycles. The summed E-state index contributed by atoms with van der Waals surface area (Å²) in [6.07, 6.45) is 22.9. The zero-order valence-electron chi connectivity index (χ0n) is 28.9. The van der Waals surface area contributed by atoms with E-state index >= 15 is 0 Å². The molecule has 7 N–H and O–H groups in total. The minimum absolute atomic E-state index is 0.290. The van der Waals surface area contributed by atoms with Gasteiger partial charge in [0.15, 0.2) is 0 Å². The lowest BCUT2D eigenvalue weighted by atomic mass is 9.64. The lowest BCUT2D eigenvalue weighted by Crippen LogP contribution is -2.32. The lowest BCUT2D eigenvalue weighted by Gasteiger charge is -2.41. The molecule has 0 spiro atoms. The number of hydrogen-bond acceptors (Lipinski definition) is 4. The first kappa shape index (κ1) is 42.9. The molecule has 45 heavy (non-hydrogen) atoms. The third-order valence-electron chi connectivity index (χ3n) is 6.73. The minimum atomic E-state index is -0.324. The largest absolute Gasteiger partial charge is 0.402 e. The molecular weight excluding hydrogens is 550 g/mol. The van der Waals surface area contributed by atoms with Crippen LogP contribution in [0.4, 0.5) is 0 Å². The number of allylic oxidation sites excluding steroid dienone is 18. The van der Waals surface area contributed by atoms with Crippen LogP contribution >= 0.6 is 0 Å². The molecule has 0 radical (unpaired) electrons. The van der Waals surface area contributed by atoms with Crippen molar-refractivity contribution in [3.63, 3.8) is 0 Å². The van der Waals surface area contributed by atoms with Crippen molar-refractivity contribution in [3.8, 4) is 0 Å². The molecule has 246 valence electrons. The van der Waals surface area contributed by atoms with Gasteiger partial charge in [-0.05, 0) is 88.7 Å². The third-order valence-corrected chi connectivity index (χ3v) is 6.73. The maximum atomic E-state index is 10.1. The molecule has 4 heteroatoms. The average Bonchev–Trinajstić information content (AvgIpc) is 2.97. The maximum Gasteiger partial charge on any atom is 0.0541 e. The van der Waals surface area contributed by atoms with Crippen LogP contribution in [-0.2, 0) is 0 Å². The van der Waals surface area contributed by atoms with Gasteiger partial charge in [-0.2, -0.15) is 0 Å². The fourth-order valence-corrected chi connectivity index (χ4v) is 4.27. The highest BCUT2D eigenvalue weighted by Gasteiger charge is 2.37. The van der Waals surface area contributed by atoms with Crippen molar-refractivity contribution in [2.24, 2.45) is 22.6 Å². The highest BCUT2D eigenvalue weighted by Crippen LogP contribution is 2.48. The van der Waals surface area contributed by atoms with E-state index in [1.165, 1.54) is 5.57 Å². The summed E-state index contributed by atoms with van der Waals surface area (Å²) in [6, 6.07) is 0. The van der Waals surface area contributed by atoms with Crippen molar-refractivity contribution in [3.05, 3.63) is 169 Å². The maximum absolute atomic E-state index is 10.1. The highest BCUT2D eigenvalue weighted by molar-refractivity contribution is 5.43. The number of aliphatic hydroxyl groups excluding tert-OH is 1. The van der Waals surface area contributed by atoms with Gasteiger partial charge in [0.2, 0.25) is 0 Å². The summed E-state index contributed by atoms with van der Waals surface area (Å²) in [6.45, 7) is 42.4. The van der Waals surface area contributed by atoms with Gasteiger partial charge in [-0.15, -0.1) is 0 Å². The zero-order valence-corrected chi connectivity index (χ0v) is 28.9. The molecule has 0 unspecified atom stereocenters. The summed E-state index contributed by atoms with van der Waals surface area (Å²) in [5, 5.41) is 10.1. The smallest absolute Gasteiger partial charge is 0.0541 e. The van der Waals surface area contributed by atoms with Crippen molar-refractivity contribution >= 4 is 0 Å². The van der Waals surface area contributed by atoms with Crippen LogP contribution < -0.4 is 17.2 Å². The van der Waals surface area contributed by atoms with E-state index in [4.69, 9.17) is 17.2 Å². The summed E-state index contributed by atoms with van der Waals surface area (Å²) in [7, 11) is 0. The summed E-state index contributed by atoms with van der Waals surface area (Å²) < 4.78 is 0. The Morgan fingerprint density at radius 1 is 0.600 bits per heavy atom. The van der Waals surface area contributed by atoms with Gasteiger partial charge in [0.25, 0.3) is 0 Å². The Bertz CT molecular complexity index is 1170. The molecule has 0 amide bonds. The standard InChI is InChI=1S/C32H42N2O.C7H13N.C2H6/c1-23(21-25(3)11-15-29(7)33)9-13-27(5)32(19-17-31(35)18-20-32)28(6)14-10-24(2)22-26(4)12-16-30(8)34;1-6(2)4-5-7(3)8;1-2/h9-16,31,35H,1-8,17-22,33-34H2;4-5H,8H2,1-3H3;1-2H3/b13-9-,14-10-,15-11-,16-12-;7-5+;. The quantitative estimate of drug-likeness (QED) is 0.139. The molecule has 4 nitrogen and oxygen atoms in total. The Hall–Kier alpha value is -4.28. The van der Waals surface area contributed by atoms with Gasteiger partial charge in [0.05, 0.1) is 6.10 Å². The SMILES string of the molecule is C=C(N)/C=C\C(=C)CC(=C)/C=C\C(=C)C1(C(=C)/C=C\C(=C)CC(=C)/C=C\C(=C)N)CCC(O)CC1.CC.CC(C)=C/C=C(\C)N. The Morgan fingerprint density at radius 3 is 1.20 bits per heavy atom. The van der Waals surface area contributed by atoms with Crippen LogP contribution in [-0.4, -0.2) is 11.2 Å². The van der Waals surface area contributed by atoms with E-state index in [1.807, 2.05) is 83.2 Å². The molecule has 0 aromatic heterocycles. The first-order valence-corrected chi connectivity index (χ1v) is 15.4. The third kappa shape index (κ3) is 20.3. The van der Waals surface area contributed by atoms with Gasteiger partial charge >= 0.3 is 0 Å². The zero-order chi connectivity index (χ0) is 35.2. The molecule has 1 fully saturated rings. The Labute approximate surface area is 276 Å². The Balaban J connectivity index is 0. The fourth-order valence-electron chi connectivity index (χ4n) is 4.27. The molecule has 1 saturated carbocycles. The van der Waals surface area contributed by atoms with Crippen molar-refractivity contribution in [1.29, 1.82) is 0 Å². The minimum Gasteiger partial charge on any atom is -0.402 e. The van der Waals surface area contributed by atoms with E-state index in [2.05, 4.69) is 52.6 Å². The van der Waals surface area contributed by atoms with Crippen molar-refractivity contribution in [2.75, 3.05) is 0 Å². The van der Waals surface area contributed by atoms with Gasteiger partial charge in [0.1, 0.15) is 0 Å². The predicted octanol–water partition coefficient (Wildman–Crippen LogP) is 10.0. The Morgan fingerprint density at radius 2 is 0.933 bits per heavy atom. The molecule has 1 aliphatic carbocycles. The molecule has 0 saturated heterocycles. The van der Waals surface area contributed by atoms with Crippen LogP contribution in [0, 0.1) is 5.41 Å². The normalized spacial score (nSPS) is 14.7. The van der Waals surface area contributed by atoms with Crippen molar-refractivity contribution in [1.82, 2.24) is 0 Å². The van der Waals surface area contributed by atoms with E-state index in [9.17, 15) is 5.11 Å². The van der Waals surface area contributed by atoms with E-state index in [0.29, 0.717) is 37.1 Å². The number of rotatable bonds is 15. The van der Waals surface area contributed by atoms with Gasteiger partial charge in [-0.25, -0.2) is 0 Å². The van der Waals surface area contributed by atoms with Gasteiger partial charge in [-0.3, -0.25) is 0 Å². The van der Waals surface area contributed by atoms with Gasteiger partial charge in [-0.1, -0.05) is 137 Å². The lowest BCUT2D eigenvalue weighted by molar-refractivity contribution is 0.0954. The van der Waals surface area contributed by atoms with Crippen LogP contribution in [0.15, 0.2) is 169 Å². The van der Waals surface area contributed by atoms with E-state index in [1.54, 1.807) is 12.2 Å². The van der Waals surface area contributed by atoms with Crippen molar-refractivity contribution in [2.45, 2.75) is 79.2 Å². The summed E-state index contributed by atoms with van der Waals surface area (Å²) >= 11 is 0. The number of aliphatic hydroxyl groups is 1. The van der Waals surface area contributed by atoms with Crippen molar-refractivity contribution < 1.29 is 5.11 Å². The molecule has 0 bridgehead atoms. The first-order chi connectivity index (χ1) is 21.0. The first-order valence-electron chi connectivity index (χ1n) is 15.4.